The zero-order valence-corrected chi connectivity index (χ0v) is 14.5. The largest absolute Gasteiger partial charge is 0.312 e. The molecule has 0 aromatic carbocycles. The number of hydrogen-bond acceptors (Lipinski definition) is 4. The second-order valence-electron chi connectivity index (χ2n) is 7.43. The van der Waals surface area contributed by atoms with Gasteiger partial charge >= 0.3 is 0 Å². The lowest BCUT2D eigenvalue weighted by molar-refractivity contribution is 0.113. The van der Waals surface area contributed by atoms with E-state index in [0.717, 1.165) is 49.4 Å². The number of pyridine rings is 2. The Kier molecular flexibility index (Phi) is 3.71. The SMILES string of the molecule is O=c1cc(-c2cccnc2)cc2n1C[C@H]1C[C@@H]2CN(Cc2ccn[nH]2)C1. The molecule has 2 aliphatic rings. The summed E-state index contributed by atoms with van der Waals surface area (Å²) in [7, 11) is 0. The zero-order valence-electron chi connectivity index (χ0n) is 14.5. The quantitative estimate of drug-likeness (QED) is 0.789. The minimum absolute atomic E-state index is 0.109. The van der Waals surface area contributed by atoms with Crippen LogP contribution in [0.4, 0.5) is 0 Å². The van der Waals surface area contributed by atoms with E-state index in [-0.39, 0.29) is 5.56 Å². The topological polar surface area (TPSA) is 66.8 Å². The Bertz CT molecular complexity index is 964. The van der Waals surface area contributed by atoms with Crippen molar-refractivity contribution in [3.05, 3.63) is 70.7 Å². The maximum absolute atomic E-state index is 12.7. The molecular formula is C20H21N5O. The third-order valence-corrected chi connectivity index (χ3v) is 5.58. The predicted octanol–water partition coefficient (Wildman–Crippen LogP) is 2.25. The molecule has 26 heavy (non-hydrogen) atoms. The third-order valence-electron chi connectivity index (χ3n) is 5.58. The van der Waals surface area contributed by atoms with Crippen LogP contribution in [-0.2, 0) is 13.1 Å². The number of H-pyrrole nitrogens is 1. The molecule has 1 saturated heterocycles. The molecule has 5 rings (SSSR count). The average Bonchev–Trinajstić information content (AvgIpc) is 3.16. The van der Waals surface area contributed by atoms with Gasteiger partial charge in [-0.25, -0.2) is 0 Å². The van der Waals surface area contributed by atoms with Crippen molar-refractivity contribution in [3.8, 4) is 11.1 Å². The maximum atomic E-state index is 12.7. The van der Waals surface area contributed by atoms with Gasteiger partial charge in [-0.1, -0.05) is 6.07 Å². The summed E-state index contributed by atoms with van der Waals surface area (Å²) in [5, 5.41) is 7.10. The summed E-state index contributed by atoms with van der Waals surface area (Å²) >= 11 is 0. The Hall–Kier alpha value is -2.73. The highest BCUT2D eigenvalue weighted by molar-refractivity contribution is 5.62. The molecule has 2 atom stereocenters. The van der Waals surface area contributed by atoms with Gasteiger partial charge < -0.3 is 4.57 Å². The predicted molar refractivity (Wildman–Crippen MR) is 98.6 cm³/mol. The lowest BCUT2D eigenvalue weighted by Crippen LogP contribution is -2.46. The second-order valence-corrected chi connectivity index (χ2v) is 7.43. The molecule has 132 valence electrons. The standard InChI is InChI=1S/C20H21N5O/c26-20-8-16(15-2-1-4-21-9-15)7-19-17-6-14(11-25(19)20)10-24(12-17)13-18-3-5-22-23-18/h1-5,7-9,14,17H,6,10-13H2,(H,22,23)/t14-,17+/m0/s1. The molecule has 0 saturated carbocycles. The molecule has 0 amide bonds. The van der Waals surface area contributed by atoms with Crippen molar-refractivity contribution >= 4 is 0 Å². The van der Waals surface area contributed by atoms with Gasteiger partial charge in [-0.05, 0) is 36.1 Å². The van der Waals surface area contributed by atoms with Gasteiger partial charge in [-0.2, -0.15) is 5.10 Å². The van der Waals surface area contributed by atoms with Crippen LogP contribution < -0.4 is 5.56 Å². The van der Waals surface area contributed by atoms with Crippen LogP contribution in [0.1, 0.15) is 23.7 Å². The number of aromatic amines is 1. The van der Waals surface area contributed by atoms with E-state index in [0.29, 0.717) is 11.8 Å². The van der Waals surface area contributed by atoms with Crippen molar-refractivity contribution < 1.29 is 0 Å². The van der Waals surface area contributed by atoms with E-state index >= 15 is 0 Å². The van der Waals surface area contributed by atoms with Gasteiger partial charge in [-0.3, -0.25) is 19.8 Å². The number of hydrogen-bond donors (Lipinski definition) is 1. The third kappa shape index (κ3) is 2.76. The molecule has 1 fully saturated rings. The van der Waals surface area contributed by atoms with Crippen LogP contribution in [0, 0.1) is 5.92 Å². The summed E-state index contributed by atoms with van der Waals surface area (Å²) in [4.78, 5) is 19.4. The van der Waals surface area contributed by atoms with Crippen molar-refractivity contribution in [3.63, 3.8) is 0 Å². The van der Waals surface area contributed by atoms with Gasteiger partial charge in [0.05, 0.1) is 0 Å². The Morgan fingerprint density at radius 2 is 2.08 bits per heavy atom. The van der Waals surface area contributed by atoms with Gasteiger partial charge in [0.1, 0.15) is 0 Å². The van der Waals surface area contributed by atoms with Crippen LogP contribution in [0.2, 0.25) is 0 Å². The number of nitrogens with one attached hydrogen (secondary N) is 1. The molecule has 5 heterocycles. The first-order valence-electron chi connectivity index (χ1n) is 9.12. The van der Waals surface area contributed by atoms with Gasteiger partial charge in [-0.15, -0.1) is 0 Å². The summed E-state index contributed by atoms with van der Waals surface area (Å²) in [5.74, 6) is 0.931. The van der Waals surface area contributed by atoms with E-state index in [9.17, 15) is 4.79 Å². The minimum Gasteiger partial charge on any atom is -0.312 e. The van der Waals surface area contributed by atoms with Crippen molar-refractivity contribution in [2.45, 2.75) is 25.4 Å². The Morgan fingerprint density at radius 1 is 1.12 bits per heavy atom. The van der Waals surface area contributed by atoms with Crippen molar-refractivity contribution in [2.24, 2.45) is 5.92 Å². The molecule has 3 aromatic rings. The molecule has 0 radical (unpaired) electrons. The molecule has 1 N–H and O–H groups in total. The smallest absolute Gasteiger partial charge is 0.251 e. The molecule has 3 aromatic heterocycles. The second kappa shape index (κ2) is 6.21. The molecule has 6 nitrogen and oxygen atoms in total. The molecule has 0 aliphatic carbocycles. The van der Waals surface area contributed by atoms with Gasteiger partial charge in [0.25, 0.3) is 5.56 Å². The van der Waals surface area contributed by atoms with Crippen molar-refractivity contribution in [1.29, 1.82) is 0 Å². The number of nitrogens with zero attached hydrogens (tertiary/aromatic N) is 4. The van der Waals surface area contributed by atoms with Crippen LogP contribution in [0.25, 0.3) is 11.1 Å². The van der Waals surface area contributed by atoms with Crippen LogP contribution >= 0.6 is 0 Å². The lowest BCUT2D eigenvalue weighted by atomic mass is 9.82. The van der Waals surface area contributed by atoms with Gasteiger partial charge in [0.15, 0.2) is 0 Å². The lowest BCUT2D eigenvalue weighted by Gasteiger charge is -2.42. The number of aromatic nitrogens is 4. The highest BCUT2D eigenvalue weighted by Crippen LogP contribution is 2.36. The van der Waals surface area contributed by atoms with E-state index in [1.54, 1.807) is 18.5 Å². The molecule has 0 unspecified atom stereocenters. The van der Waals surface area contributed by atoms with E-state index < -0.39 is 0 Å². The van der Waals surface area contributed by atoms with E-state index in [2.05, 4.69) is 26.1 Å². The fraction of sp³-hybridized carbons (Fsp3) is 0.350. The summed E-state index contributed by atoms with van der Waals surface area (Å²) in [5.41, 5.74) is 4.39. The van der Waals surface area contributed by atoms with E-state index in [1.165, 1.54) is 5.69 Å². The Labute approximate surface area is 151 Å². The van der Waals surface area contributed by atoms with Crippen molar-refractivity contribution in [1.82, 2.24) is 24.6 Å². The maximum Gasteiger partial charge on any atom is 0.251 e. The normalized spacial score (nSPS) is 22.2. The first-order valence-corrected chi connectivity index (χ1v) is 9.12. The summed E-state index contributed by atoms with van der Waals surface area (Å²) in [6.07, 6.45) is 6.54. The Balaban J connectivity index is 1.48. The number of piperidine rings is 1. The highest BCUT2D eigenvalue weighted by Gasteiger charge is 2.34. The number of rotatable bonds is 3. The van der Waals surface area contributed by atoms with Crippen molar-refractivity contribution in [2.75, 3.05) is 13.1 Å². The molecular weight excluding hydrogens is 326 g/mol. The van der Waals surface area contributed by atoms with E-state index in [4.69, 9.17) is 0 Å². The molecule has 0 spiro atoms. The summed E-state index contributed by atoms with van der Waals surface area (Å²) in [6.45, 7) is 3.72. The fourth-order valence-corrected chi connectivity index (χ4v) is 4.50. The molecule has 2 bridgehead atoms. The number of likely N-dealkylation sites (tertiary alicyclic amines) is 1. The van der Waals surface area contributed by atoms with Crippen LogP contribution in [0.15, 0.2) is 53.7 Å². The van der Waals surface area contributed by atoms with Gasteiger partial charge in [0.2, 0.25) is 0 Å². The first-order chi connectivity index (χ1) is 12.8. The van der Waals surface area contributed by atoms with Gasteiger partial charge in [0, 0.05) is 73.7 Å². The average molecular weight is 347 g/mol. The zero-order chi connectivity index (χ0) is 17.5. The van der Waals surface area contributed by atoms with Crippen LogP contribution in [0.3, 0.4) is 0 Å². The summed E-state index contributed by atoms with van der Waals surface area (Å²) in [6, 6.07) is 9.90. The fourth-order valence-electron chi connectivity index (χ4n) is 4.50. The first kappa shape index (κ1) is 15.5. The number of fused-ring (bicyclic) bond motifs is 4. The van der Waals surface area contributed by atoms with Crippen LogP contribution in [0.5, 0.6) is 0 Å². The highest BCUT2D eigenvalue weighted by atomic mass is 16.1. The van der Waals surface area contributed by atoms with Crippen LogP contribution in [-0.4, -0.2) is 37.7 Å². The van der Waals surface area contributed by atoms with E-state index in [1.807, 2.05) is 29.0 Å². The monoisotopic (exact) mass is 347 g/mol. The summed E-state index contributed by atoms with van der Waals surface area (Å²) < 4.78 is 1.99. The molecule has 2 aliphatic heterocycles. The Morgan fingerprint density at radius 3 is 2.88 bits per heavy atom. The molecule has 6 heteroatoms. The minimum atomic E-state index is 0.109.